The van der Waals surface area contributed by atoms with E-state index in [1.54, 1.807) is 30.6 Å². The molecular formula is C9H11NO2S2. The number of nitrogens with zero attached hydrogens (tertiary/aromatic N) is 1. The second kappa shape index (κ2) is 4.00. The number of hydrogen-bond acceptors (Lipinski definition) is 4. The van der Waals surface area contributed by atoms with Gasteiger partial charge in [0, 0.05) is 17.5 Å². The van der Waals surface area contributed by atoms with E-state index >= 15 is 0 Å². The molecule has 1 amide bonds. The second-order valence-electron chi connectivity index (χ2n) is 3.03. The van der Waals surface area contributed by atoms with Crippen molar-refractivity contribution in [3.63, 3.8) is 0 Å². The van der Waals surface area contributed by atoms with E-state index < -0.39 is 0 Å². The summed E-state index contributed by atoms with van der Waals surface area (Å²) in [6.07, 6.45) is 4.17. The van der Waals surface area contributed by atoms with Crippen molar-refractivity contribution in [2.24, 2.45) is 0 Å². The summed E-state index contributed by atoms with van der Waals surface area (Å²) in [6.45, 7) is 0. The molecule has 0 spiro atoms. The van der Waals surface area contributed by atoms with Crippen molar-refractivity contribution < 1.29 is 9.63 Å². The lowest BCUT2D eigenvalue weighted by Crippen LogP contribution is -2.25. The summed E-state index contributed by atoms with van der Waals surface area (Å²) < 4.78 is 0. The first-order chi connectivity index (χ1) is 6.72. The van der Waals surface area contributed by atoms with Crippen LogP contribution in [-0.2, 0) is 9.63 Å². The van der Waals surface area contributed by atoms with Gasteiger partial charge >= 0.3 is 0 Å². The summed E-state index contributed by atoms with van der Waals surface area (Å²) in [5.74, 6) is -0.0547. The Kier molecular flexibility index (Phi) is 2.90. The third kappa shape index (κ3) is 1.71. The van der Waals surface area contributed by atoms with Crippen LogP contribution in [0.5, 0.6) is 0 Å². The lowest BCUT2D eigenvalue weighted by molar-refractivity contribution is -0.163. The first kappa shape index (κ1) is 10.1. The molecule has 2 atom stereocenters. The molecule has 2 aliphatic heterocycles. The van der Waals surface area contributed by atoms with Crippen molar-refractivity contribution in [3.05, 3.63) is 22.5 Å². The summed E-state index contributed by atoms with van der Waals surface area (Å²) in [6, 6.07) is 0. The van der Waals surface area contributed by atoms with Gasteiger partial charge in [-0.1, -0.05) is 12.2 Å². The molecule has 2 aliphatic rings. The largest absolute Gasteiger partial charge is 0.283 e. The molecule has 5 heteroatoms. The number of thioether (sulfide) groups is 2. The van der Waals surface area contributed by atoms with Gasteiger partial charge in [0.25, 0.3) is 5.91 Å². The minimum atomic E-state index is -0.0547. The zero-order valence-corrected chi connectivity index (χ0v) is 9.60. The predicted molar refractivity (Wildman–Crippen MR) is 59.8 cm³/mol. The first-order valence-corrected chi connectivity index (χ1v) is 6.07. The molecule has 3 nitrogen and oxygen atoms in total. The van der Waals surface area contributed by atoms with Crippen LogP contribution in [0.4, 0.5) is 0 Å². The molecule has 0 radical (unpaired) electrons. The van der Waals surface area contributed by atoms with Crippen LogP contribution in [0.1, 0.15) is 0 Å². The lowest BCUT2D eigenvalue weighted by atomic mass is 10.3. The van der Waals surface area contributed by atoms with Crippen LogP contribution >= 0.6 is 23.5 Å². The number of hydroxylamine groups is 2. The topological polar surface area (TPSA) is 29.5 Å². The molecule has 0 aromatic carbocycles. The van der Waals surface area contributed by atoms with Crippen molar-refractivity contribution in [3.8, 4) is 0 Å². The average molecular weight is 229 g/mol. The molecular weight excluding hydrogens is 218 g/mol. The molecule has 0 saturated heterocycles. The Morgan fingerprint density at radius 3 is 3.00 bits per heavy atom. The fourth-order valence-electron chi connectivity index (χ4n) is 1.34. The van der Waals surface area contributed by atoms with E-state index in [9.17, 15) is 4.79 Å². The SMILES string of the molecule is CON(C)C(=O)C1=CC2SC=CC2S1. The van der Waals surface area contributed by atoms with Gasteiger partial charge in [-0.05, 0) is 5.41 Å². The molecule has 0 aromatic rings. The summed E-state index contributed by atoms with van der Waals surface area (Å²) >= 11 is 3.38. The van der Waals surface area contributed by atoms with Gasteiger partial charge in [0.05, 0.1) is 12.0 Å². The smallest absolute Gasteiger partial charge is 0.274 e. The monoisotopic (exact) mass is 229 g/mol. The molecule has 0 aliphatic carbocycles. The molecule has 2 heterocycles. The highest BCUT2D eigenvalue weighted by Gasteiger charge is 2.33. The van der Waals surface area contributed by atoms with Crippen LogP contribution in [0, 0.1) is 0 Å². The van der Waals surface area contributed by atoms with E-state index in [2.05, 4.69) is 11.5 Å². The number of likely N-dealkylation sites (N-methyl/N-ethyl adjacent to an activating group) is 1. The number of amides is 1. The summed E-state index contributed by atoms with van der Waals surface area (Å²) in [4.78, 5) is 17.3. The van der Waals surface area contributed by atoms with Crippen LogP contribution in [-0.4, -0.2) is 35.6 Å². The Bertz CT molecular complexity index is 314. The third-order valence-corrected chi connectivity index (χ3v) is 4.69. The highest BCUT2D eigenvalue weighted by atomic mass is 32.2. The van der Waals surface area contributed by atoms with Gasteiger partial charge < -0.3 is 0 Å². The number of hydrogen-bond donors (Lipinski definition) is 0. The zero-order valence-electron chi connectivity index (χ0n) is 7.97. The third-order valence-electron chi connectivity index (χ3n) is 2.18. The van der Waals surface area contributed by atoms with Gasteiger partial charge in [-0.2, -0.15) is 0 Å². The van der Waals surface area contributed by atoms with Crippen LogP contribution in [0.25, 0.3) is 0 Å². The Balaban J connectivity index is 2.04. The van der Waals surface area contributed by atoms with E-state index in [1.165, 1.54) is 12.2 Å². The van der Waals surface area contributed by atoms with E-state index in [0.717, 1.165) is 4.91 Å². The Labute approximate surface area is 91.5 Å². The summed E-state index contributed by atoms with van der Waals surface area (Å²) in [5, 5.41) is 4.22. The molecule has 0 N–H and O–H groups in total. The maximum absolute atomic E-state index is 11.7. The van der Waals surface area contributed by atoms with Crippen LogP contribution in [0.2, 0.25) is 0 Å². The van der Waals surface area contributed by atoms with E-state index in [0.29, 0.717) is 10.5 Å². The van der Waals surface area contributed by atoms with Gasteiger partial charge in [-0.25, -0.2) is 5.06 Å². The van der Waals surface area contributed by atoms with E-state index in [1.807, 2.05) is 6.08 Å². The molecule has 0 aromatic heterocycles. The highest BCUT2D eigenvalue weighted by Crippen LogP contribution is 2.44. The number of carbonyl (C=O) groups excluding carboxylic acids is 1. The molecule has 76 valence electrons. The van der Waals surface area contributed by atoms with Crippen LogP contribution in [0.15, 0.2) is 22.5 Å². The quantitative estimate of drug-likeness (QED) is 0.673. The van der Waals surface area contributed by atoms with Gasteiger partial charge in [0.15, 0.2) is 0 Å². The number of carbonyl (C=O) groups is 1. The van der Waals surface area contributed by atoms with Gasteiger partial charge in [-0.15, -0.1) is 23.5 Å². The van der Waals surface area contributed by atoms with E-state index in [4.69, 9.17) is 4.84 Å². The number of fused-ring (bicyclic) bond motifs is 1. The maximum atomic E-state index is 11.7. The Morgan fingerprint density at radius 2 is 2.36 bits per heavy atom. The zero-order chi connectivity index (χ0) is 10.1. The predicted octanol–water partition coefficient (Wildman–Crippen LogP) is 1.63. The second-order valence-corrected chi connectivity index (χ2v) is 5.34. The Morgan fingerprint density at radius 1 is 1.57 bits per heavy atom. The van der Waals surface area contributed by atoms with Crippen molar-refractivity contribution in [2.45, 2.75) is 10.5 Å². The molecule has 0 fully saturated rings. The molecule has 0 saturated carbocycles. The van der Waals surface area contributed by atoms with Crippen LogP contribution < -0.4 is 0 Å². The van der Waals surface area contributed by atoms with Crippen molar-refractivity contribution in [1.29, 1.82) is 0 Å². The van der Waals surface area contributed by atoms with Crippen molar-refractivity contribution in [1.82, 2.24) is 5.06 Å². The van der Waals surface area contributed by atoms with Crippen molar-refractivity contribution in [2.75, 3.05) is 14.2 Å². The minimum absolute atomic E-state index is 0.0547. The van der Waals surface area contributed by atoms with Gasteiger partial charge in [0.1, 0.15) is 0 Å². The number of rotatable bonds is 2. The minimum Gasteiger partial charge on any atom is -0.274 e. The maximum Gasteiger partial charge on any atom is 0.283 e. The van der Waals surface area contributed by atoms with Crippen LogP contribution in [0.3, 0.4) is 0 Å². The van der Waals surface area contributed by atoms with E-state index in [-0.39, 0.29) is 5.91 Å². The van der Waals surface area contributed by atoms with Gasteiger partial charge in [0.2, 0.25) is 0 Å². The standard InChI is InChI=1S/C9H11NO2S2/c1-10(12-2)9(11)8-5-7-6(14-8)3-4-13-7/h3-7H,1-2H3. The average Bonchev–Trinajstić information content (AvgIpc) is 2.74. The first-order valence-electron chi connectivity index (χ1n) is 4.25. The van der Waals surface area contributed by atoms with Gasteiger partial charge in [-0.3, -0.25) is 9.63 Å². The highest BCUT2D eigenvalue weighted by molar-refractivity contribution is 8.09. The fraction of sp³-hybridized carbons (Fsp3) is 0.444. The molecule has 2 unspecified atom stereocenters. The van der Waals surface area contributed by atoms with Crippen molar-refractivity contribution >= 4 is 29.4 Å². The summed E-state index contributed by atoms with van der Waals surface area (Å²) in [5.41, 5.74) is 0. The lowest BCUT2D eigenvalue weighted by Gasteiger charge is -2.13. The summed E-state index contributed by atoms with van der Waals surface area (Å²) in [7, 11) is 3.12. The molecule has 14 heavy (non-hydrogen) atoms. The Hall–Kier alpha value is -0.390. The molecule has 2 rings (SSSR count). The molecule has 0 bridgehead atoms. The normalized spacial score (nSPS) is 28.9. The fourth-order valence-corrected chi connectivity index (χ4v) is 3.90.